The topological polar surface area (TPSA) is 29.5 Å². The summed E-state index contributed by atoms with van der Waals surface area (Å²) in [5.41, 5.74) is 1.08. The van der Waals surface area contributed by atoms with Gasteiger partial charge in [-0.15, -0.1) is 0 Å². The lowest BCUT2D eigenvalue weighted by atomic mass is 9.78. The summed E-state index contributed by atoms with van der Waals surface area (Å²) >= 11 is 0. The van der Waals surface area contributed by atoms with Crippen LogP contribution in [0.25, 0.3) is 0 Å². The Morgan fingerprint density at radius 1 is 1.14 bits per heavy atom. The number of hydrogen-bond acceptors (Lipinski definition) is 2. The summed E-state index contributed by atoms with van der Waals surface area (Å²) in [6.45, 7) is 0.955. The Kier molecular flexibility index (Phi) is 4.47. The van der Waals surface area contributed by atoms with Gasteiger partial charge in [0, 0.05) is 12.6 Å². The van der Waals surface area contributed by atoms with Gasteiger partial charge in [0.1, 0.15) is 5.75 Å². The lowest BCUT2D eigenvalue weighted by Crippen LogP contribution is -2.50. The minimum absolute atomic E-state index is 0.303. The van der Waals surface area contributed by atoms with Crippen molar-refractivity contribution in [1.82, 2.24) is 4.90 Å². The number of hydrogen-bond donors (Lipinski definition) is 0. The Bertz CT molecular complexity index is 480. The summed E-state index contributed by atoms with van der Waals surface area (Å²) in [6.07, 6.45) is 8.17. The molecule has 2 aliphatic rings. The van der Waals surface area contributed by atoms with Crippen molar-refractivity contribution in [2.24, 2.45) is 5.92 Å². The van der Waals surface area contributed by atoms with Gasteiger partial charge in [0.05, 0.1) is 13.5 Å². The van der Waals surface area contributed by atoms with E-state index >= 15 is 0 Å². The van der Waals surface area contributed by atoms with E-state index in [2.05, 4.69) is 4.90 Å². The summed E-state index contributed by atoms with van der Waals surface area (Å²) in [7, 11) is 1.66. The van der Waals surface area contributed by atoms with Crippen LogP contribution in [0.2, 0.25) is 0 Å². The number of piperidine rings is 1. The van der Waals surface area contributed by atoms with Crippen molar-refractivity contribution < 1.29 is 9.53 Å². The normalized spacial score (nSPS) is 25.3. The van der Waals surface area contributed by atoms with Gasteiger partial charge in [-0.1, -0.05) is 25.0 Å². The number of carbonyl (C=O) groups is 1. The van der Waals surface area contributed by atoms with Crippen molar-refractivity contribution >= 4 is 5.91 Å². The molecular weight excluding hydrogens is 262 g/mol. The molecule has 114 valence electrons. The highest BCUT2D eigenvalue weighted by atomic mass is 16.5. The van der Waals surface area contributed by atoms with Crippen LogP contribution in [-0.2, 0) is 11.2 Å². The van der Waals surface area contributed by atoms with Gasteiger partial charge in [-0.25, -0.2) is 0 Å². The minimum Gasteiger partial charge on any atom is -0.497 e. The molecule has 1 heterocycles. The number of ether oxygens (including phenoxy) is 1. The SMILES string of the molecule is COc1ccc(CC(=O)N2CCCC3CCCCC32)cc1. The molecular formula is C18H25NO2. The molecule has 1 saturated heterocycles. The summed E-state index contributed by atoms with van der Waals surface area (Å²) in [6, 6.07) is 8.38. The first kappa shape index (κ1) is 14.4. The molecule has 1 aliphatic heterocycles. The number of methoxy groups -OCH3 is 1. The Morgan fingerprint density at radius 3 is 2.62 bits per heavy atom. The van der Waals surface area contributed by atoms with Crippen molar-refractivity contribution in [1.29, 1.82) is 0 Å². The minimum atomic E-state index is 0.303. The third kappa shape index (κ3) is 3.22. The zero-order chi connectivity index (χ0) is 14.7. The van der Waals surface area contributed by atoms with Gasteiger partial charge in [0.15, 0.2) is 0 Å². The van der Waals surface area contributed by atoms with Crippen LogP contribution in [0.4, 0.5) is 0 Å². The first-order valence-corrected chi connectivity index (χ1v) is 8.20. The lowest BCUT2D eigenvalue weighted by molar-refractivity contribution is -0.136. The van der Waals surface area contributed by atoms with Gasteiger partial charge in [-0.05, 0) is 49.3 Å². The summed E-state index contributed by atoms with van der Waals surface area (Å²) in [5, 5.41) is 0. The van der Waals surface area contributed by atoms with Crippen molar-refractivity contribution in [3.8, 4) is 5.75 Å². The first-order valence-electron chi connectivity index (χ1n) is 8.20. The number of likely N-dealkylation sites (tertiary alicyclic amines) is 1. The van der Waals surface area contributed by atoms with Crippen LogP contribution in [0.3, 0.4) is 0 Å². The lowest BCUT2D eigenvalue weighted by Gasteiger charge is -2.44. The number of rotatable bonds is 3. The van der Waals surface area contributed by atoms with Crippen molar-refractivity contribution in [2.45, 2.75) is 51.0 Å². The Balaban J connectivity index is 1.65. The van der Waals surface area contributed by atoms with E-state index in [-0.39, 0.29) is 0 Å². The number of carbonyl (C=O) groups excluding carboxylic acids is 1. The number of amides is 1. The Labute approximate surface area is 127 Å². The molecule has 0 spiro atoms. The van der Waals surface area contributed by atoms with E-state index in [1.165, 1.54) is 38.5 Å². The Hall–Kier alpha value is -1.51. The predicted octanol–water partition coefficient (Wildman–Crippen LogP) is 3.42. The molecule has 0 radical (unpaired) electrons. The second kappa shape index (κ2) is 6.50. The molecule has 3 heteroatoms. The maximum Gasteiger partial charge on any atom is 0.227 e. The zero-order valence-corrected chi connectivity index (χ0v) is 12.9. The highest BCUT2D eigenvalue weighted by Crippen LogP contribution is 2.35. The van der Waals surface area contributed by atoms with Gasteiger partial charge in [-0.3, -0.25) is 4.79 Å². The van der Waals surface area contributed by atoms with Crippen molar-refractivity contribution in [3.63, 3.8) is 0 Å². The molecule has 2 atom stereocenters. The van der Waals surface area contributed by atoms with E-state index in [0.717, 1.165) is 23.8 Å². The molecule has 1 amide bonds. The predicted molar refractivity (Wildman–Crippen MR) is 83.4 cm³/mol. The number of benzene rings is 1. The second-order valence-electron chi connectivity index (χ2n) is 6.37. The summed E-state index contributed by atoms with van der Waals surface area (Å²) < 4.78 is 5.17. The van der Waals surface area contributed by atoms with Crippen LogP contribution in [0.5, 0.6) is 5.75 Å². The van der Waals surface area contributed by atoms with E-state index in [0.29, 0.717) is 18.4 Å². The molecule has 1 aromatic rings. The fraction of sp³-hybridized carbons (Fsp3) is 0.611. The number of fused-ring (bicyclic) bond motifs is 1. The van der Waals surface area contributed by atoms with Crippen LogP contribution in [0.1, 0.15) is 44.1 Å². The third-order valence-electron chi connectivity index (χ3n) is 5.08. The van der Waals surface area contributed by atoms with Gasteiger partial charge in [0.2, 0.25) is 5.91 Å². The van der Waals surface area contributed by atoms with Crippen molar-refractivity contribution in [2.75, 3.05) is 13.7 Å². The van der Waals surface area contributed by atoms with Crippen LogP contribution >= 0.6 is 0 Å². The van der Waals surface area contributed by atoms with Crippen LogP contribution < -0.4 is 4.74 Å². The first-order chi connectivity index (χ1) is 10.3. The molecule has 1 aliphatic carbocycles. The quantitative estimate of drug-likeness (QED) is 0.852. The summed E-state index contributed by atoms with van der Waals surface area (Å²) in [5.74, 6) is 1.90. The standard InChI is InChI=1S/C18H25NO2/c1-21-16-10-8-14(9-11-16)13-18(20)19-12-4-6-15-5-2-3-7-17(15)19/h8-11,15,17H,2-7,12-13H2,1H3. The molecule has 2 unspecified atom stereocenters. The van der Waals surface area contributed by atoms with E-state index < -0.39 is 0 Å². The van der Waals surface area contributed by atoms with Crippen LogP contribution in [0.15, 0.2) is 24.3 Å². The largest absolute Gasteiger partial charge is 0.497 e. The maximum atomic E-state index is 12.7. The molecule has 0 bridgehead atoms. The van der Waals surface area contributed by atoms with Gasteiger partial charge in [0.25, 0.3) is 0 Å². The van der Waals surface area contributed by atoms with Crippen molar-refractivity contribution in [3.05, 3.63) is 29.8 Å². The van der Waals surface area contributed by atoms with Gasteiger partial charge < -0.3 is 9.64 Å². The Morgan fingerprint density at radius 2 is 1.86 bits per heavy atom. The fourth-order valence-electron chi connectivity index (χ4n) is 3.95. The highest BCUT2D eigenvalue weighted by molar-refractivity contribution is 5.79. The average molecular weight is 287 g/mol. The van der Waals surface area contributed by atoms with E-state index in [1.54, 1.807) is 7.11 Å². The second-order valence-corrected chi connectivity index (χ2v) is 6.37. The van der Waals surface area contributed by atoms with E-state index in [9.17, 15) is 4.79 Å². The van der Waals surface area contributed by atoms with Crippen LogP contribution in [0, 0.1) is 5.92 Å². The van der Waals surface area contributed by atoms with E-state index in [1.807, 2.05) is 24.3 Å². The number of nitrogens with zero attached hydrogens (tertiary/aromatic N) is 1. The van der Waals surface area contributed by atoms with Gasteiger partial charge >= 0.3 is 0 Å². The van der Waals surface area contributed by atoms with E-state index in [4.69, 9.17) is 4.74 Å². The molecule has 21 heavy (non-hydrogen) atoms. The zero-order valence-electron chi connectivity index (χ0n) is 12.9. The molecule has 0 aromatic heterocycles. The van der Waals surface area contributed by atoms with Crippen LogP contribution in [-0.4, -0.2) is 30.5 Å². The molecule has 1 aromatic carbocycles. The smallest absolute Gasteiger partial charge is 0.227 e. The fourth-order valence-corrected chi connectivity index (χ4v) is 3.95. The average Bonchev–Trinajstić information content (AvgIpc) is 2.55. The molecule has 1 saturated carbocycles. The highest BCUT2D eigenvalue weighted by Gasteiger charge is 2.35. The molecule has 0 N–H and O–H groups in total. The molecule has 3 rings (SSSR count). The third-order valence-corrected chi connectivity index (χ3v) is 5.08. The monoisotopic (exact) mass is 287 g/mol. The summed E-state index contributed by atoms with van der Waals surface area (Å²) in [4.78, 5) is 14.8. The maximum absolute atomic E-state index is 12.7. The van der Waals surface area contributed by atoms with Gasteiger partial charge in [-0.2, -0.15) is 0 Å². The molecule has 2 fully saturated rings. The molecule has 3 nitrogen and oxygen atoms in total.